The van der Waals surface area contributed by atoms with E-state index in [0.29, 0.717) is 10.8 Å². The fourth-order valence-electron chi connectivity index (χ4n) is 4.31. The van der Waals surface area contributed by atoms with Crippen LogP contribution in [0.5, 0.6) is 5.75 Å². The second-order valence-electron chi connectivity index (χ2n) is 10.5. The normalized spacial score (nSPS) is 25.4. The minimum absolute atomic E-state index is 0.170. The smallest absolute Gasteiger partial charge is 0.380 e. The van der Waals surface area contributed by atoms with Crippen LogP contribution >= 0.6 is 7.60 Å². The van der Waals surface area contributed by atoms with Crippen molar-refractivity contribution in [2.75, 3.05) is 18.6 Å². The minimum Gasteiger partial charge on any atom is -0.463 e. The summed E-state index contributed by atoms with van der Waals surface area (Å²) in [5, 5.41) is 11.1. The number of carbonyl (C=O) groups excluding carboxylic acids is 1. The molecule has 1 aromatic heterocycles. The summed E-state index contributed by atoms with van der Waals surface area (Å²) in [4.78, 5) is 28.3. The van der Waals surface area contributed by atoms with Crippen LogP contribution in [-0.2, 0) is 23.4 Å². The van der Waals surface area contributed by atoms with Crippen LogP contribution in [0, 0.1) is 11.7 Å². The molecule has 2 heterocycles. The number of rotatable bonds is 11. The fraction of sp³-hybridized carbons (Fsp3) is 0.560. The molecule has 1 saturated heterocycles. The van der Waals surface area contributed by atoms with E-state index in [2.05, 4.69) is 4.98 Å². The Kier molecular flexibility index (Phi) is 9.42. The van der Waals surface area contributed by atoms with Crippen LogP contribution in [0.25, 0.3) is 0 Å². The van der Waals surface area contributed by atoms with Crippen molar-refractivity contribution in [3.8, 4) is 5.75 Å². The summed E-state index contributed by atoms with van der Waals surface area (Å²) in [6.45, 7) is 6.17. The van der Waals surface area contributed by atoms with Crippen molar-refractivity contribution in [2.24, 2.45) is 11.7 Å². The van der Waals surface area contributed by atoms with Crippen LogP contribution < -0.4 is 21.7 Å². The number of hydrogen-bond acceptors (Lipinski definition) is 11. The number of aliphatic hydroxyl groups excluding tert-OH is 1. The standard InChI is InChI=1S/C25H35F2N4O8P/c1-14(2)36-21(33)15(3)12-40(35,38-16-9-7-6-8-10-16)39-24(4,5)19-18(32)25(29,13-26)22(37-19)31-11-17(27)20(28)30-23(31)34/h6-11,14-15,18-19,22,32H,12-13,29H2,1-5H3,(H2,28,30,34)/t15-,18+,19+,22-,25?,40-/m1/s1. The molecular weight excluding hydrogens is 553 g/mol. The van der Waals surface area contributed by atoms with E-state index in [9.17, 15) is 28.0 Å². The molecule has 0 radical (unpaired) electrons. The topological polar surface area (TPSA) is 178 Å². The summed E-state index contributed by atoms with van der Waals surface area (Å²) in [7, 11) is -4.24. The van der Waals surface area contributed by atoms with Gasteiger partial charge in [0.05, 0.1) is 24.4 Å². The number of esters is 1. The van der Waals surface area contributed by atoms with Crippen LogP contribution in [0.15, 0.2) is 41.3 Å². The average molecular weight is 589 g/mol. The Hall–Kier alpha value is -2.90. The first-order valence-corrected chi connectivity index (χ1v) is 14.2. The maximum absolute atomic E-state index is 14.3. The molecule has 0 saturated carbocycles. The van der Waals surface area contributed by atoms with Crippen molar-refractivity contribution in [1.29, 1.82) is 0 Å². The molecule has 6 atom stereocenters. The zero-order valence-corrected chi connectivity index (χ0v) is 23.7. The Balaban J connectivity index is 1.97. The third kappa shape index (κ3) is 6.69. The van der Waals surface area contributed by atoms with E-state index in [1.165, 1.54) is 32.9 Å². The van der Waals surface area contributed by atoms with Crippen molar-refractivity contribution in [3.05, 3.63) is 52.8 Å². The second kappa shape index (κ2) is 11.9. The Bertz CT molecular complexity index is 1310. The fourth-order valence-corrected chi connectivity index (χ4v) is 6.58. The van der Waals surface area contributed by atoms with Crippen molar-refractivity contribution < 1.29 is 41.8 Å². The summed E-state index contributed by atoms with van der Waals surface area (Å²) in [6, 6.07) is 8.04. The summed E-state index contributed by atoms with van der Waals surface area (Å²) < 4.78 is 66.0. The summed E-state index contributed by atoms with van der Waals surface area (Å²) in [6.07, 6.45) is -5.32. The lowest BCUT2D eigenvalue weighted by atomic mass is 9.86. The number of hydrogen-bond donors (Lipinski definition) is 3. The molecule has 1 aliphatic rings. The quantitative estimate of drug-likeness (QED) is 0.260. The number of aliphatic hydroxyl groups is 1. The van der Waals surface area contributed by atoms with Gasteiger partial charge in [0, 0.05) is 0 Å². The van der Waals surface area contributed by atoms with Gasteiger partial charge in [-0.25, -0.2) is 18.1 Å². The molecule has 5 N–H and O–H groups in total. The highest BCUT2D eigenvalue weighted by molar-refractivity contribution is 7.54. The molecule has 1 fully saturated rings. The summed E-state index contributed by atoms with van der Waals surface area (Å²) >= 11 is 0. The van der Waals surface area contributed by atoms with Gasteiger partial charge in [-0.05, 0) is 39.8 Å². The lowest BCUT2D eigenvalue weighted by molar-refractivity contribution is -0.151. The molecule has 0 amide bonds. The van der Waals surface area contributed by atoms with Gasteiger partial charge in [-0.3, -0.25) is 13.9 Å². The van der Waals surface area contributed by atoms with E-state index in [0.717, 1.165) is 0 Å². The van der Waals surface area contributed by atoms with Crippen LogP contribution in [0.4, 0.5) is 14.6 Å². The lowest BCUT2D eigenvalue weighted by Gasteiger charge is -2.37. The molecule has 2 aromatic rings. The number of carbonyl (C=O) groups is 1. The minimum atomic E-state index is -4.24. The Morgan fingerprint density at radius 3 is 2.50 bits per heavy atom. The maximum Gasteiger partial charge on any atom is 0.380 e. The van der Waals surface area contributed by atoms with Crippen molar-refractivity contribution in [2.45, 2.75) is 70.3 Å². The molecule has 15 heteroatoms. The molecule has 0 bridgehead atoms. The molecule has 1 aliphatic heterocycles. The Morgan fingerprint density at radius 1 is 1.30 bits per heavy atom. The van der Waals surface area contributed by atoms with E-state index in [1.54, 1.807) is 32.0 Å². The first-order valence-electron chi connectivity index (χ1n) is 12.5. The molecule has 0 spiro atoms. The number of nitrogens with two attached hydrogens (primary N) is 2. The van der Waals surface area contributed by atoms with Gasteiger partial charge in [0.2, 0.25) is 0 Å². The molecule has 40 heavy (non-hydrogen) atoms. The predicted molar refractivity (Wildman–Crippen MR) is 141 cm³/mol. The van der Waals surface area contributed by atoms with Crippen LogP contribution in [0.1, 0.15) is 40.8 Å². The van der Waals surface area contributed by atoms with Crippen molar-refractivity contribution in [3.63, 3.8) is 0 Å². The van der Waals surface area contributed by atoms with E-state index in [4.69, 9.17) is 30.0 Å². The van der Waals surface area contributed by atoms with Gasteiger partial charge in [0.15, 0.2) is 17.9 Å². The number of benzene rings is 1. The molecule has 222 valence electrons. The number of nitrogen functional groups attached to an aromatic ring is 1. The van der Waals surface area contributed by atoms with Crippen LogP contribution in [0.3, 0.4) is 0 Å². The van der Waals surface area contributed by atoms with Gasteiger partial charge in [0.25, 0.3) is 0 Å². The molecule has 3 rings (SSSR count). The van der Waals surface area contributed by atoms with E-state index in [-0.39, 0.29) is 5.75 Å². The molecular formula is C25H35F2N4O8P. The van der Waals surface area contributed by atoms with E-state index >= 15 is 0 Å². The zero-order valence-electron chi connectivity index (χ0n) is 22.8. The van der Waals surface area contributed by atoms with Crippen molar-refractivity contribution >= 4 is 19.4 Å². The van der Waals surface area contributed by atoms with Gasteiger partial charge >= 0.3 is 19.3 Å². The van der Waals surface area contributed by atoms with Crippen LogP contribution in [-0.4, -0.2) is 62.9 Å². The summed E-state index contributed by atoms with van der Waals surface area (Å²) in [5.74, 6) is -3.19. The monoisotopic (exact) mass is 588 g/mol. The first-order chi connectivity index (χ1) is 18.5. The van der Waals surface area contributed by atoms with Gasteiger partial charge in [-0.2, -0.15) is 4.98 Å². The molecule has 0 aliphatic carbocycles. The first kappa shape index (κ1) is 31.6. The molecule has 12 nitrogen and oxygen atoms in total. The van der Waals surface area contributed by atoms with E-state index < -0.39 is 85.3 Å². The third-order valence-corrected chi connectivity index (χ3v) is 8.52. The number of anilines is 1. The number of ether oxygens (including phenoxy) is 2. The number of nitrogens with zero attached hydrogens (tertiary/aromatic N) is 2. The predicted octanol–water partition coefficient (Wildman–Crippen LogP) is 2.54. The highest BCUT2D eigenvalue weighted by atomic mass is 31.2. The maximum atomic E-state index is 14.3. The number of halogens is 2. The van der Waals surface area contributed by atoms with Crippen LogP contribution in [0.2, 0.25) is 0 Å². The van der Waals surface area contributed by atoms with Gasteiger partial charge < -0.3 is 30.6 Å². The molecule has 1 unspecified atom stereocenters. The number of aromatic nitrogens is 2. The van der Waals surface area contributed by atoms with E-state index in [1.807, 2.05) is 0 Å². The summed E-state index contributed by atoms with van der Waals surface area (Å²) in [5.41, 5.74) is 6.41. The average Bonchev–Trinajstić information content (AvgIpc) is 3.12. The number of para-hydroxylation sites is 1. The highest BCUT2D eigenvalue weighted by Crippen LogP contribution is 2.55. The lowest BCUT2D eigenvalue weighted by Crippen LogP contribution is -2.59. The Morgan fingerprint density at radius 2 is 1.93 bits per heavy atom. The zero-order chi connectivity index (χ0) is 30.0. The third-order valence-electron chi connectivity index (χ3n) is 6.29. The second-order valence-corrected chi connectivity index (χ2v) is 12.5. The number of alkyl halides is 1. The van der Waals surface area contributed by atoms with Gasteiger partial charge in [0.1, 0.15) is 35.8 Å². The van der Waals surface area contributed by atoms with Gasteiger partial charge in [-0.15, -0.1) is 0 Å². The Labute approximate surface area is 230 Å². The van der Waals surface area contributed by atoms with Gasteiger partial charge in [-0.1, -0.05) is 25.1 Å². The molecule has 1 aromatic carbocycles. The largest absolute Gasteiger partial charge is 0.463 e. The SMILES string of the molecule is CC(C)OC(=O)[C@H](C)C[P@@](=O)(Oc1ccccc1)OC(C)(C)[C@H]1O[C@@H](n2cc(F)c(N)nc2=O)C(N)(CF)[C@H]1O. The van der Waals surface area contributed by atoms with Crippen molar-refractivity contribution in [1.82, 2.24) is 9.55 Å². The highest BCUT2D eigenvalue weighted by Gasteiger charge is 2.61.